The second kappa shape index (κ2) is 12.0. The molecule has 2 fully saturated rings. The Morgan fingerprint density at radius 3 is 2.14 bits per heavy atom. The number of carbonyl (C=O) groups excluding carboxylic acids is 2. The number of alkyl halides is 2. The number of rotatable bonds is 6. The first kappa shape index (κ1) is 30.9. The maximum absolute atomic E-state index is 14.4. The Bertz CT molecular complexity index is 940. The summed E-state index contributed by atoms with van der Waals surface area (Å²) < 4.78 is 48.3. The third-order valence-corrected chi connectivity index (χ3v) is 6.50. The molecule has 2 heterocycles. The van der Waals surface area contributed by atoms with Crippen LogP contribution in [0.3, 0.4) is 0 Å². The zero-order valence-corrected chi connectivity index (χ0v) is 23.1. The van der Waals surface area contributed by atoms with Gasteiger partial charge < -0.3 is 15.4 Å². The van der Waals surface area contributed by atoms with Crippen LogP contribution in [0.1, 0.15) is 58.7 Å². The largest absolute Gasteiger partial charge is 0.444 e. The molecule has 210 valence electrons. The van der Waals surface area contributed by atoms with E-state index in [1.54, 1.807) is 14.0 Å². The first-order valence-corrected chi connectivity index (χ1v) is 12.5. The van der Waals surface area contributed by atoms with Gasteiger partial charge in [0.15, 0.2) is 0 Å². The van der Waals surface area contributed by atoms with Crippen LogP contribution in [0, 0.1) is 17.7 Å². The van der Waals surface area contributed by atoms with Gasteiger partial charge in [0.05, 0.1) is 24.5 Å². The van der Waals surface area contributed by atoms with E-state index in [1.165, 1.54) is 35.3 Å². The van der Waals surface area contributed by atoms with E-state index >= 15 is 0 Å². The fraction of sp³-hybridized carbons (Fsp3) is 0.692. The lowest BCUT2D eigenvalue weighted by molar-refractivity contribution is -0.178. The number of hydrogen-bond donors (Lipinski definition) is 1. The highest BCUT2D eigenvalue weighted by atomic mass is 19.3. The summed E-state index contributed by atoms with van der Waals surface area (Å²) in [5.41, 5.74) is 4.73. The van der Waals surface area contributed by atoms with Gasteiger partial charge >= 0.3 is 6.09 Å². The van der Waals surface area contributed by atoms with E-state index in [9.17, 15) is 22.8 Å². The van der Waals surface area contributed by atoms with Crippen molar-refractivity contribution in [1.29, 1.82) is 0 Å². The Kier molecular flexibility index (Phi) is 10.0. The highest BCUT2D eigenvalue weighted by Gasteiger charge is 2.50. The number of ether oxygens (including phenoxy) is 1. The number of amides is 2. The maximum Gasteiger partial charge on any atom is 0.410 e. The number of likely N-dealkylation sites (tertiary alicyclic amines) is 2. The third kappa shape index (κ3) is 7.58. The Labute approximate surface area is 217 Å². The van der Waals surface area contributed by atoms with Crippen LogP contribution in [-0.2, 0) is 20.3 Å². The normalized spacial score (nSPS) is 17.9. The van der Waals surface area contributed by atoms with E-state index in [0.717, 1.165) is 0 Å². The Morgan fingerprint density at radius 2 is 1.68 bits per heavy atom. The molecule has 0 aromatic heterocycles. The summed E-state index contributed by atoms with van der Waals surface area (Å²) in [6.07, 6.45) is -0.374. The highest BCUT2D eigenvalue weighted by molar-refractivity contribution is 5.81. The van der Waals surface area contributed by atoms with Gasteiger partial charge in [-0.3, -0.25) is 14.5 Å². The van der Waals surface area contributed by atoms with Gasteiger partial charge in [-0.15, -0.1) is 0 Å². The van der Waals surface area contributed by atoms with E-state index in [1.807, 2.05) is 39.5 Å². The van der Waals surface area contributed by atoms with Crippen molar-refractivity contribution in [2.75, 3.05) is 40.3 Å². The number of hydrogen-bond acceptors (Lipinski definition) is 6. The Morgan fingerprint density at radius 1 is 1.11 bits per heavy atom. The zero-order valence-electron chi connectivity index (χ0n) is 23.1. The lowest BCUT2D eigenvalue weighted by Gasteiger charge is -2.45. The lowest BCUT2D eigenvalue weighted by atomic mass is 9.86. The summed E-state index contributed by atoms with van der Waals surface area (Å²) in [6.45, 7) is 12.3. The minimum absolute atomic E-state index is 0.118. The average Bonchev–Trinajstić information content (AvgIpc) is 2.69. The van der Waals surface area contributed by atoms with Crippen LogP contribution < -0.4 is 5.73 Å². The molecule has 8 nitrogen and oxygen atoms in total. The molecule has 2 aliphatic rings. The molecule has 0 radical (unpaired) electrons. The number of hydroxylamine groups is 2. The van der Waals surface area contributed by atoms with Crippen molar-refractivity contribution in [1.82, 2.24) is 14.9 Å². The number of halogens is 3. The van der Waals surface area contributed by atoms with E-state index in [4.69, 9.17) is 15.3 Å². The molecule has 1 aromatic carbocycles. The minimum Gasteiger partial charge on any atom is -0.444 e. The van der Waals surface area contributed by atoms with Crippen LogP contribution in [0.15, 0.2) is 18.2 Å². The molecule has 2 N–H and O–H groups in total. The molecule has 11 heteroatoms. The topological polar surface area (TPSA) is 88.3 Å². The monoisotopic (exact) mass is 530 g/mol. The first-order valence-electron chi connectivity index (χ1n) is 12.5. The van der Waals surface area contributed by atoms with E-state index in [0.29, 0.717) is 26.2 Å². The fourth-order valence-electron chi connectivity index (χ4n) is 4.00. The Hall–Kier alpha value is -2.37. The van der Waals surface area contributed by atoms with Crippen LogP contribution in [-0.4, -0.2) is 78.8 Å². The van der Waals surface area contributed by atoms with Crippen molar-refractivity contribution in [2.24, 2.45) is 17.6 Å². The van der Waals surface area contributed by atoms with Gasteiger partial charge in [-0.05, 0) is 41.5 Å². The molecule has 3 rings (SSSR count). The molecule has 2 saturated heterocycles. The van der Waals surface area contributed by atoms with Gasteiger partial charge in [-0.25, -0.2) is 23.0 Å². The summed E-state index contributed by atoms with van der Waals surface area (Å²) in [5.74, 6) is -5.15. The van der Waals surface area contributed by atoms with Crippen molar-refractivity contribution in [3.8, 4) is 0 Å². The van der Waals surface area contributed by atoms with Gasteiger partial charge in [-0.2, -0.15) is 0 Å². The molecule has 1 aromatic rings. The SMILES string of the molecule is CC(C)N1CC(C(F)(F)c2cccc([C@@H](C)N)c2F)C1.CON(C)C(=O)C1CN(C(=O)OC(C)(C)C)C1. The fourth-order valence-corrected chi connectivity index (χ4v) is 4.00. The number of nitrogens with zero attached hydrogens (tertiary/aromatic N) is 3. The molecular formula is C26H41F3N4O4. The number of benzene rings is 1. The number of nitrogens with two attached hydrogens (primary N) is 1. The van der Waals surface area contributed by atoms with E-state index in [-0.39, 0.29) is 29.5 Å². The van der Waals surface area contributed by atoms with Crippen LogP contribution in [0.2, 0.25) is 0 Å². The van der Waals surface area contributed by atoms with Crippen LogP contribution in [0.5, 0.6) is 0 Å². The van der Waals surface area contributed by atoms with Crippen molar-refractivity contribution in [3.05, 3.63) is 35.1 Å². The number of carbonyl (C=O) groups is 2. The van der Waals surface area contributed by atoms with Crippen molar-refractivity contribution in [2.45, 2.75) is 65.1 Å². The third-order valence-electron chi connectivity index (χ3n) is 6.50. The van der Waals surface area contributed by atoms with E-state index < -0.39 is 34.9 Å². The van der Waals surface area contributed by atoms with E-state index in [2.05, 4.69) is 0 Å². The van der Waals surface area contributed by atoms with Gasteiger partial charge in [0, 0.05) is 50.9 Å². The molecule has 1 atom stereocenters. The van der Waals surface area contributed by atoms with Crippen molar-refractivity contribution in [3.63, 3.8) is 0 Å². The lowest BCUT2D eigenvalue weighted by Crippen LogP contribution is -2.56. The minimum atomic E-state index is -3.15. The molecule has 2 amide bonds. The van der Waals surface area contributed by atoms with Gasteiger partial charge in [0.2, 0.25) is 0 Å². The average molecular weight is 531 g/mol. The molecule has 0 saturated carbocycles. The molecule has 37 heavy (non-hydrogen) atoms. The molecule has 0 unspecified atom stereocenters. The Balaban J connectivity index is 0.000000264. The maximum atomic E-state index is 14.4. The van der Waals surface area contributed by atoms with Gasteiger partial charge in [-0.1, -0.05) is 18.2 Å². The van der Waals surface area contributed by atoms with Crippen molar-refractivity contribution < 1.29 is 32.3 Å². The quantitative estimate of drug-likeness (QED) is 0.556. The van der Waals surface area contributed by atoms with Crippen LogP contribution in [0.25, 0.3) is 0 Å². The van der Waals surface area contributed by atoms with Gasteiger partial charge in [0.25, 0.3) is 11.8 Å². The predicted octanol–water partition coefficient (Wildman–Crippen LogP) is 4.15. The van der Waals surface area contributed by atoms with Crippen LogP contribution in [0.4, 0.5) is 18.0 Å². The highest BCUT2D eigenvalue weighted by Crippen LogP contribution is 2.43. The molecule has 0 bridgehead atoms. The zero-order chi connectivity index (χ0) is 28.3. The summed E-state index contributed by atoms with van der Waals surface area (Å²) in [7, 11) is 2.99. The predicted molar refractivity (Wildman–Crippen MR) is 134 cm³/mol. The molecule has 2 aliphatic heterocycles. The molecular weight excluding hydrogens is 489 g/mol. The molecule has 0 spiro atoms. The molecule has 0 aliphatic carbocycles. The first-order chi connectivity index (χ1) is 17.0. The van der Waals surface area contributed by atoms with Crippen LogP contribution >= 0.6 is 0 Å². The standard InChI is InChI=1S/C15H21F3N2.C11H20N2O4/c1-9(2)20-7-11(8-20)15(17,18)13-6-4-5-12(10(3)19)14(13)16;1-11(2,3)17-10(15)13-6-8(7-13)9(14)12(4)16-5/h4-6,9-11H,7-8,19H2,1-3H3;8H,6-7H2,1-5H3/t10-;/m1./s1. The van der Waals surface area contributed by atoms with Crippen molar-refractivity contribution >= 4 is 12.0 Å². The van der Waals surface area contributed by atoms with Gasteiger partial charge in [0.1, 0.15) is 11.4 Å². The second-order valence-corrected chi connectivity index (χ2v) is 11.0. The smallest absolute Gasteiger partial charge is 0.410 e. The second-order valence-electron chi connectivity index (χ2n) is 11.0. The summed E-state index contributed by atoms with van der Waals surface area (Å²) >= 11 is 0. The summed E-state index contributed by atoms with van der Waals surface area (Å²) in [5, 5.41) is 1.18. The summed E-state index contributed by atoms with van der Waals surface area (Å²) in [4.78, 5) is 31.5. The summed E-state index contributed by atoms with van der Waals surface area (Å²) in [6, 6.07) is 3.71.